The van der Waals surface area contributed by atoms with E-state index in [1.807, 2.05) is 0 Å². The molecule has 47 heavy (non-hydrogen) atoms. The van der Waals surface area contributed by atoms with Crippen molar-refractivity contribution >= 4 is 67.9 Å². The number of anilines is 6. The van der Waals surface area contributed by atoms with Gasteiger partial charge in [-0.15, -0.1) is 0 Å². The number of hydrogen-bond donors (Lipinski definition) is 0. The van der Waals surface area contributed by atoms with E-state index in [0.717, 1.165) is 0 Å². The molecule has 0 saturated heterocycles. The summed E-state index contributed by atoms with van der Waals surface area (Å²) in [6.07, 6.45) is 2.41. The van der Waals surface area contributed by atoms with Crippen molar-refractivity contribution in [2.24, 2.45) is 0 Å². The summed E-state index contributed by atoms with van der Waals surface area (Å²) in [5.74, 6) is 0. The molecule has 3 aliphatic rings. The number of fused-ring (bicyclic) bond motifs is 6. The Hall–Kier alpha value is -3.76. The quantitative estimate of drug-likeness (QED) is 0.175. The lowest BCUT2D eigenvalue weighted by atomic mass is 9.36. The Kier molecular flexibility index (Phi) is 6.59. The van der Waals surface area contributed by atoms with Crippen molar-refractivity contribution in [2.75, 3.05) is 9.80 Å². The van der Waals surface area contributed by atoms with E-state index in [0.29, 0.717) is 0 Å². The lowest BCUT2D eigenvalue weighted by Gasteiger charge is -2.45. The largest absolute Gasteiger partial charge is 0.311 e. The predicted octanol–water partition coefficient (Wildman–Crippen LogP) is 10.4. The molecule has 0 bridgehead atoms. The first kappa shape index (κ1) is 30.6. The number of rotatable bonds is 2. The highest BCUT2D eigenvalue weighted by Crippen LogP contribution is 2.56. The maximum absolute atomic E-state index is 2.66. The fourth-order valence-corrected chi connectivity index (χ4v) is 10.1. The van der Waals surface area contributed by atoms with Gasteiger partial charge in [-0.05, 0) is 120 Å². The number of aryl methyl sites for hydroxylation is 3. The molecule has 0 N–H and O–H groups in total. The molecule has 0 saturated carbocycles. The fourth-order valence-electron chi connectivity index (χ4n) is 8.39. The van der Waals surface area contributed by atoms with E-state index in [4.69, 9.17) is 0 Å². The molecule has 4 heteroatoms. The number of hydrogen-bond acceptors (Lipinski definition) is 3. The molecule has 0 radical (unpaired) electrons. The maximum atomic E-state index is 2.66. The SMILES string of the molecule is Cc1ccc(N2c3ccc(C)cc3B3c4sc5c(c4N(c4ccc(C(C)(C)C)cc4)c4cc(C)cc2c43)C(C)(C)CCC5(C)C)cc1. The summed E-state index contributed by atoms with van der Waals surface area (Å²) in [7, 11) is 0. The second-order valence-corrected chi connectivity index (χ2v) is 17.9. The molecule has 5 aromatic rings. The van der Waals surface area contributed by atoms with Crippen LogP contribution in [0.2, 0.25) is 0 Å². The van der Waals surface area contributed by atoms with Crippen LogP contribution in [0.15, 0.2) is 78.9 Å². The van der Waals surface area contributed by atoms with Gasteiger partial charge in [0.1, 0.15) is 0 Å². The van der Waals surface area contributed by atoms with Crippen molar-refractivity contribution in [3.8, 4) is 0 Å². The molecule has 0 fully saturated rings. The summed E-state index contributed by atoms with van der Waals surface area (Å²) in [6, 6.07) is 30.6. The second kappa shape index (κ2) is 10.1. The highest BCUT2D eigenvalue weighted by molar-refractivity contribution is 7.29. The standard InChI is InChI=1S/C43H47BN2S/c1-26-11-16-30(17-12-26)45-33-20-13-27(2)23-32(33)44-37-34(45)24-28(3)25-35(37)46(31-18-14-29(15-19-31)41(4,5)6)38-36-39(47-40(38)44)43(9,10)22-21-42(36,7)8/h11-20,23-25H,21-22H2,1-10H3. The average Bonchev–Trinajstić information content (AvgIpc) is 3.43. The molecule has 1 aromatic heterocycles. The van der Waals surface area contributed by atoms with Crippen LogP contribution in [0, 0.1) is 20.8 Å². The number of nitrogens with zero attached hydrogens (tertiary/aromatic N) is 2. The van der Waals surface area contributed by atoms with Crippen LogP contribution < -0.4 is 25.5 Å². The molecule has 8 rings (SSSR count). The van der Waals surface area contributed by atoms with Crippen LogP contribution >= 0.6 is 11.3 Å². The lowest BCUT2D eigenvalue weighted by molar-refractivity contribution is 0.339. The molecule has 0 amide bonds. The Morgan fingerprint density at radius 2 is 1.21 bits per heavy atom. The summed E-state index contributed by atoms with van der Waals surface area (Å²) in [5, 5.41) is 0. The van der Waals surface area contributed by atoms with Crippen molar-refractivity contribution in [1.82, 2.24) is 0 Å². The van der Waals surface area contributed by atoms with Crippen LogP contribution in [0.5, 0.6) is 0 Å². The molecular weight excluding hydrogens is 587 g/mol. The first-order chi connectivity index (χ1) is 22.2. The highest BCUT2D eigenvalue weighted by atomic mass is 32.1. The minimum absolute atomic E-state index is 0.0841. The van der Waals surface area contributed by atoms with Crippen LogP contribution in [0.3, 0.4) is 0 Å². The third kappa shape index (κ3) is 4.58. The second-order valence-electron chi connectivity index (χ2n) is 16.8. The maximum Gasteiger partial charge on any atom is 0.264 e. The monoisotopic (exact) mass is 634 g/mol. The van der Waals surface area contributed by atoms with Gasteiger partial charge in [-0.1, -0.05) is 96.0 Å². The summed E-state index contributed by atoms with van der Waals surface area (Å²) < 4.78 is 1.51. The van der Waals surface area contributed by atoms with Gasteiger partial charge in [0.05, 0.1) is 5.69 Å². The predicted molar refractivity (Wildman–Crippen MR) is 207 cm³/mol. The van der Waals surface area contributed by atoms with Gasteiger partial charge in [0.25, 0.3) is 6.71 Å². The number of thiophene rings is 1. The molecule has 0 spiro atoms. The number of benzene rings is 4. The van der Waals surface area contributed by atoms with E-state index < -0.39 is 0 Å². The summed E-state index contributed by atoms with van der Waals surface area (Å²) in [6.45, 7) is 23.7. The van der Waals surface area contributed by atoms with E-state index in [1.165, 1.54) is 84.9 Å². The Morgan fingerprint density at radius 3 is 1.87 bits per heavy atom. The Labute approximate surface area is 286 Å². The first-order valence-corrected chi connectivity index (χ1v) is 18.2. The summed E-state index contributed by atoms with van der Waals surface area (Å²) >= 11 is 2.10. The molecular formula is C43H47BN2S. The van der Waals surface area contributed by atoms with E-state index in [2.05, 4.69) is 169 Å². The van der Waals surface area contributed by atoms with Gasteiger partial charge in [-0.3, -0.25) is 0 Å². The van der Waals surface area contributed by atoms with Crippen molar-refractivity contribution < 1.29 is 0 Å². The molecule has 2 aliphatic heterocycles. The first-order valence-electron chi connectivity index (χ1n) is 17.4. The van der Waals surface area contributed by atoms with Crippen molar-refractivity contribution in [3.63, 3.8) is 0 Å². The fraction of sp³-hybridized carbons (Fsp3) is 0.349. The third-order valence-corrected chi connectivity index (χ3v) is 12.7. The molecule has 0 atom stereocenters. The van der Waals surface area contributed by atoms with Gasteiger partial charge in [0.15, 0.2) is 0 Å². The van der Waals surface area contributed by atoms with Crippen LogP contribution in [0.1, 0.15) is 94.0 Å². The van der Waals surface area contributed by atoms with Gasteiger partial charge in [-0.25, -0.2) is 0 Å². The molecule has 1 aliphatic carbocycles. The molecule has 238 valence electrons. The van der Waals surface area contributed by atoms with Gasteiger partial charge in [0.2, 0.25) is 0 Å². The van der Waals surface area contributed by atoms with E-state index >= 15 is 0 Å². The summed E-state index contributed by atoms with van der Waals surface area (Å²) in [5.41, 5.74) is 17.8. The zero-order chi connectivity index (χ0) is 33.2. The summed E-state index contributed by atoms with van der Waals surface area (Å²) in [4.78, 5) is 6.77. The lowest BCUT2D eigenvalue weighted by Crippen LogP contribution is -2.60. The van der Waals surface area contributed by atoms with Crippen LogP contribution in [0.4, 0.5) is 34.1 Å². The van der Waals surface area contributed by atoms with Crippen molar-refractivity contribution in [1.29, 1.82) is 0 Å². The minimum Gasteiger partial charge on any atom is -0.311 e. The van der Waals surface area contributed by atoms with Gasteiger partial charge in [-0.2, -0.15) is 11.3 Å². The normalized spacial score (nSPS) is 17.2. The van der Waals surface area contributed by atoms with E-state index in [1.54, 1.807) is 10.4 Å². The van der Waals surface area contributed by atoms with Crippen LogP contribution in [-0.2, 0) is 16.2 Å². The average molecular weight is 635 g/mol. The minimum atomic E-state index is 0.0841. The Bertz CT molecular complexity index is 2060. The Morgan fingerprint density at radius 1 is 0.638 bits per heavy atom. The van der Waals surface area contributed by atoms with Crippen molar-refractivity contribution in [2.45, 2.75) is 98.3 Å². The zero-order valence-electron chi connectivity index (χ0n) is 29.8. The van der Waals surface area contributed by atoms with Crippen LogP contribution in [0.25, 0.3) is 0 Å². The molecule has 2 nitrogen and oxygen atoms in total. The van der Waals surface area contributed by atoms with Gasteiger partial charge >= 0.3 is 0 Å². The van der Waals surface area contributed by atoms with Gasteiger partial charge < -0.3 is 9.80 Å². The van der Waals surface area contributed by atoms with E-state index in [9.17, 15) is 0 Å². The highest BCUT2D eigenvalue weighted by Gasteiger charge is 2.50. The van der Waals surface area contributed by atoms with E-state index in [-0.39, 0.29) is 23.0 Å². The topological polar surface area (TPSA) is 6.48 Å². The molecule has 3 heterocycles. The molecule has 4 aromatic carbocycles. The zero-order valence-corrected chi connectivity index (χ0v) is 30.6. The smallest absolute Gasteiger partial charge is 0.264 e. The Balaban J connectivity index is 1.50. The van der Waals surface area contributed by atoms with Gasteiger partial charge in [0, 0.05) is 38.1 Å². The van der Waals surface area contributed by atoms with Crippen LogP contribution in [-0.4, -0.2) is 6.71 Å². The van der Waals surface area contributed by atoms with Crippen molar-refractivity contribution in [3.05, 3.63) is 112 Å². The third-order valence-electron chi connectivity index (χ3n) is 11.1. The molecule has 0 unspecified atom stereocenters.